The van der Waals surface area contributed by atoms with Gasteiger partial charge in [-0.3, -0.25) is 4.79 Å². The van der Waals surface area contributed by atoms with Gasteiger partial charge in [0.1, 0.15) is 0 Å². The number of carbonyl (C=O) groups excluding carboxylic acids is 1. The molecule has 1 aromatic rings. The molecule has 0 aromatic heterocycles. The van der Waals surface area contributed by atoms with Gasteiger partial charge < -0.3 is 15.3 Å². The third kappa shape index (κ3) is 4.04. The number of carbonyl (C=O) groups is 2. The predicted molar refractivity (Wildman–Crippen MR) is 80.6 cm³/mol. The molecular weight excluding hydrogens is 268 g/mol. The third-order valence-electron chi connectivity index (χ3n) is 4.11. The lowest BCUT2D eigenvalue weighted by atomic mass is 9.96. The van der Waals surface area contributed by atoms with Crippen LogP contribution < -0.4 is 5.32 Å². The van der Waals surface area contributed by atoms with Crippen molar-refractivity contribution in [3.8, 4) is 0 Å². The summed E-state index contributed by atoms with van der Waals surface area (Å²) >= 11 is 0. The second kappa shape index (κ2) is 7.22. The number of benzene rings is 1. The van der Waals surface area contributed by atoms with Crippen LogP contribution >= 0.6 is 0 Å². The number of likely N-dealkylation sites (tertiary alicyclic amines) is 1. The predicted octanol–water partition coefficient (Wildman–Crippen LogP) is 1.85. The molecule has 2 N–H and O–H groups in total. The molecule has 0 bridgehead atoms. The van der Waals surface area contributed by atoms with Crippen molar-refractivity contribution in [1.82, 2.24) is 10.2 Å². The van der Waals surface area contributed by atoms with Gasteiger partial charge >= 0.3 is 5.97 Å². The van der Waals surface area contributed by atoms with Crippen molar-refractivity contribution in [3.05, 3.63) is 35.4 Å². The summed E-state index contributed by atoms with van der Waals surface area (Å²) in [5, 5.41) is 12.0. The summed E-state index contributed by atoms with van der Waals surface area (Å²) in [5.74, 6) is -0.892. The van der Waals surface area contributed by atoms with Gasteiger partial charge in [0.05, 0.1) is 11.1 Å². The van der Waals surface area contributed by atoms with Crippen LogP contribution in [0, 0.1) is 5.92 Å². The summed E-state index contributed by atoms with van der Waals surface area (Å²) in [6.07, 6.45) is 2.16. The van der Waals surface area contributed by atoms with E-state index in [-0.39, 0.29) is 17.0 Å². The first-order valence-corrected chi connectivity index (χ1v) is 7.44. The number of hydrogen-bond donors (Lipinski definition) is 2. The number of piperidine rings is 1. The Bertz CT molecular complexity index is 508. The van der Waals surface area contributed by atoms with Crippen molar-refractivity contribution in [1.29, 1.82) is 0 Å². The number of nitrogens with zero attached hydrogens (tertiary/aromatic N) is 1. The topological polar surface area (TPSA) is 69.6 Å². The molecule has 1 aliphatic heterocycles. The van der Waals surface area contributed by atoms with Crippen LogP contribution in [0.2, 0.25) is 0 Å². The van der Waals surface area contributed by atoms with Crippen LogP contribution in [0.1, 0.15) is 40.5 Å². The maximum Gasteiger partial charge on any atom is 0.336 e. The van der Waals surface area contributed by atoms with Crippen LogP contribution in [-0.4, -0.2) is 48.1 Å². The highest BCUT2D eigenvalue weighted by molar-refractivity contribution is 6.04. The smallest absolute Gasteiger partial charge is 0.336 e. The van der Waals surface area contributed by atoms with Crippen LogP contribution in [0.3, 0.4) is 0 Å². The second-order valence-electron chi connectivity index (χ2n) is 5.44. The van der Waals surface area contributed by atoms with Crippen molar-refractivity contribution in [3.63, 3.8) is 0 Å². The van der Waals surface area contributed by atoms with Gasteiger partial charge in [0, 0.05) is 6.54 Å². The van der Waals surface area contributed by atoms with E-state index in [1.54, 1.807) is 18.2 Å². The molecule has 1 amide bonds. The largest absolute Gasteiger partial charge is 0.478 e. The van der Waals surface area contributed by atoms with E-state index in [4.69, 9.17) is 5.11 Å². The van der Waals surface area contributed by atoms with Crippen molar-refractivity contribution >= 4 is 11.9 Å². The number of amides is 1. The van der Waals surface area contributed by atoms with Crippen LogP contribution in [0.25, 0.3) is 0 Å². The minimum Gasteiger partial charge on any atom is -0.478 e. The lowest BCUT2D eigenvalue weighted by Gasteiger charge is -2.31. The number of rotatable bonds is 5. The van der Waals surface area contributed by atoms with E-state index in [9.17, 15) is 9.59 Å². The Morgan fingerprint density at radius 3 is 2.43 bits per heavy atom. The molecule has 0 radical (unpaired) electrons. The zero-order chi connectivity index (χ0) is 15.2. The summed E-state index contributed by atoms with van der Waals surface area (Å²) in [7, 11) is 0. The lowest BCUT2D eigenvalue weighted by molar-refractivity contribution is 0.0690. The lowest BCUT2D eigenvalue weighted by Crippen LogP contribution is -2.38. The number of aromatic carboxylic acids is 1. The van der Waals surface area contributed by atoms with Crippen LogP contribution in [0.5, 0.6) is 0 Å². The Balaban J connectivity index is 1.89. The molecule has 1 saturated heterocycles. The standard InChI is InChI=1S/C16H22N2O3/c1-2-18-9-7-12(8-10-18)11-17-15(19)13-5-3-4-6-14(13)16(20)21/h3-6,12H,2,7-11H2,1H3,(H,17,19)(H,20,21). The van der Waals surface area contributed by atoms with Crippen LogP contribution in [0.15, 0.2) is 24.3 Å². The molecule has 5 heteroatoms. The molecule has 1 aliphatic rings. The molecule has 1 aromatic carbocycles. The van der Waals surface area contributed by atoms with Gasteiger partial charge in [0.2, 0.25) is 0 Å². The van der Waals surface area contributed by atoms with Crippen molar-refractivity contribution in [2.45, 2.75) is 19.8 Å². The van der Waals surface area contributed by atoms with E-state index in [0.29, 0.717) is 12.5 Å². The summed E-state index contributed by atoms with van der Waals surface area (Å²) in [6, 6.07) is 6.32. The summed E-state index contributed by atoms with van der Waals surface area (Å²) < 4.78 is 0. The van der Waals surface area contributed by atoms with Crippen LogP contribution in [0.4, 0.5) is 0 Å². The van der Waals surface area contributed by atoms with Crippen molar-refractivity contribution in [2.24, 2.45) is 5.92 Å². The van der Waals surface area contributed by atoms with E-state index >= 15 is 0 Å². The average Bonchev–Trinajstić information content (AvgIpc) is 2.53. The highest BCUT2D eigenvalue weighted by Crippen LogP contribution is 2.16. The molecule has 5 nitrogen and oxygen atoms in total. The molecule has 0 saturated carbocycles. The molecule has 1 heterocycles. The molecule has 0 aliphatic carbocycles. The second-order valence-corrected chi connectivity index (χ2v) is 5.44. The minimum atomic E-state index is -1.07. The summed E-state index contributed by atoms with van der Waals surface area (Å²) in [6.45, 7) is 5.99. The maximum absolute atomic E-state index is 12.1. The minimum absolute atomic E-state index is 0.0517. The zero-order valence-corrected chi connectivity index (χ0v) is 12.3. The number of hydrogen-bond acceptors (Lipinski definition) is 3. The Labute approximate surface area is 125 Å². The molecule has 2 rings (SSSR count). The van der Waals surface area contributed by atoms with Gasteiger partial charge in [-0.25, -0.2) is 4.79 Å². The third-order valence-corrected chi connectivity index (χ3v) is 4.11. The first-order chi connectivity index (χ1) is 10.1. The summed E-state index contributed by atoms with van der Waals surface area (Å²) in [4.78, 5) is 25.7. The fourth-order valence-electron chi connectivity index (χ4n) is 2.71. The fourth-order valence-corrected chi connectivity index (χ4v) is 2.71. The quantitative estimate of drug-likeness (QED) is 0.868. The van der Waals surface area contributed by atoms with E-state index in [2.05, 4.69) is 17.1 Å². The zero-order valence-electron chi connectivity index (χ0n) is 12.3. The van der Waals surface area contributed by atoms with Crippen LogP contribution in [-0.2, 0) is 0 Å². The molecule has 0 atom stereocenters. The molecule has 114 valence electrons. The highest BCUT2D eigenvalue weighted by atomic mass is 16.4. The molecule has 0 unspecified atom stereocenters. The molecule has 0 spiro atoms. The van der Waals surface area contributed by atoms with Gasteiger partial charge in [-0.2, -0.15) is 0 Å². The average molecular weight is 290 g/mol. The van der Waals surface area contributed by atoms with Gasteiger partial charge in [-0.15, -0.1) is 0 Å². The number of nitrogens with one attached hydrogen (secondary N) is 1. The van der Waals surface area contributed by atoms with Gasteiger partial charge in [-0.1, -0.05) is 19.1 Å². The number of carboxylic acid groups (broad SMARTS) is 1. The van der Waals surface area contributed by atoms with E-state index in [1.807, 2.05) is 0 Å². The Kier molecular flexibility index (Phi) is 5.33. The van der Waals surface area contributed by atoms with Crippen molar-refractivity contribution in [2.75, 3.05) is 26.2 Å². The summed E-state index contributed by atoms with van der Waals surface area (Å²) in [5.41, 5.74) is 0.284. The van der Waals surface area contributed by atoms with Gasteiger partial charge in [0.15, 0.2) is 0 Å². The van der Waals surface area contributed by atoms with Gasteiger partial charge in [0.25, 0.3) is 5.91 Å². The molecular formula is C16H22N2O3. The Morgan fingerprint density at radius 1 is 1.24 bits per heavy atom. The first kappa shape index (κ1) is 15.5. The highest BCUT2D eigenvalue weighted by Gasteiger charge is 2.20. The van der Waals surface area contributed by atoms with Crippen molar-refractivity contribution < 1.29 is 14.7 Å². The molecule has 21 heavy (non-hydrogen) atoms. The maximum atomic E-state index is 12.1. The Morgan fingerprint density at radius 2 is 1.86 bits per heavy atom. The SMILES string of the molecule is CCN1CCC(CNC(=O)c2ccccc2C(=O)O)CC1. The normalized spacial score (nSPS) is 16.6. The van der Waals surface area contributed by atoms with E-state index in [0.717, 1.165) is 32.5 Å². The van der Waals surface area contributed by atoms with E-state index in [1.165, 1.54) is 6.07 Å². The van der Waals surface area contributed by atoms with Gasteiger partial charge in [-0.05, 0) is 50.5 Å². The van der Waals surface area contributed by atoms with E-state index < -0.39 is 5.97 Å². The Hall–Kier alpha value is -1.88. The monoisotopic (exact) mass is 290 g/mol. The fraction of sp³-hybridized carbons (Fsp3) is 0.500. The molecule has 1 fully saturated rings. The number of carboxylic acids is 1. The first-order valence-electron chi connectivity index (χ1n) is 7.44.